The van der Waals surface area contributed by atoms with Crippen LogP contribution in [0.5, 0.6) is 0 Å². The van der Waals surface area contributed by atoms with Gasteiger partial charge in [0.1, 0.15) is 6.61 Å². The normalized spacial score (nSPS) is 10.3. The van der Waals surface area contributed by atoms with Crippen molar-refractivity contribution in [2.45, 2.75) is 26.7 Å². The van der Waals surface area contributed by atoms with Crippen LogP contribution in [0, 0.1) is 13.8 Å². The van der Waals surface area contributed by atoms with Gasteiger partial charge >= 0.3 is 5.97 Å². The average Bonchev–Trinajstić information content (AvgIpc) is 2.70. The van der Waals surface area contributed by atoms with Crippen LogP contribution >= 0.6 is 0 Å². The zero-order chi connectivity index (χ0) is 21.2. The number of benzene rings is 2. The Bertz CT molecular complexity index is 879. The Kier molecular flexibility index (Phi) is 8.36. The Morgan fingerprint density at radius 1 is 0.897 bits per heavy atom. The molecule has 0 saturated carbocycles. The fourth-order valence-electron chi connectivity index (χ4n) is 2.55. The third-order valence-electron chi connectivity index (χ3n) is 4.32. The third kappa shape index (κ3) is 7.04. The molecule has 0 fully saturated rings. The number of anilines is 2. The van der Waals surface area contributed by atoms with Crippen LogP contribution in [0.3, 0.4) is 0 Å². The fraction of sp³-hybridized carbons (Fsp3) is 0.318. The van der Waals surface area contributed by atoms with Gasteiger partial charge in [0.25, 0.3) is 5.91 Å². The molecule has 7 heteroatoms. The summed E-state index contributed by atoms with van der Waals surface area (Å²) < 4.78 is 9.71. The van der Waals surface area contributed by atoms with Gasteiger partial charge in [-0.15, -0.1) is 0 Å². The van der Waals surface area contributed by atoms with E-state index in [1.807, 2.05) is 32.0 Å². The highest BCUT2D eigenvalue weighted by Crippen LogP contribution is 2.19. The number of amides is 2. The first kappa shape index (κ1) is 22.1. The maximum Gasteiger partial charge on any atom is 0.306 e. The van der Waals surface area contributed by atoms with Crippen molar-refractivity contribution in [3.63, 3.8) is 0 Å². The molecule has 0 aromatic heterocycles. The largest absolute Gasteiger partial charge is 0.463 e. The van der Waals surface area contributed by atoms with E-state index < -0.39 is 5.97 Å². The predicted octanol–water partition coefficient (Wildman–Crippen LogP) is 3.46. The lowest BCUT2D eigenvalue weighted by Gasteiger charge is -2.12. The second kappa shape index (κ2) is 11.0. The number of para-hydroxylation sites is 1. The van der Waals surface area contributed by atoms with Crippen LogP contribution in [0.2, 0.25) is 0 Å². The van der Waals surface area contributed by atoms with Crippen LogP contribution in [-0.2, 0) is 19.1 Å². The lowest BCUT2D eigenvalue weighted by atomic mass is 10.1. The summed E-state index contributed by atoms with van der Waals surface area (Å²) >= 11 is 0. The summed E-state index contributed by atoms with van der Waals surface area (Å²) in [5, 5.41) is 5.53. The van der Waals surface area contributed by atoms with Crippen LogP contribution < -0.4 is 10.6 Å². The van der Waals surface area contributed by atoms with Gasteiger partial charge in [0, 0.05) is 19.2 Å². The van der Waals surface area contributed by atoms with Gasteiger partial charge in [-0.3, -0.25) is 14.4 Å². The molecule has 29 heavy (non-hydrogen) atoms. The first-order chi connectivity index (χ1) is 13.9. The molecule has 0 unspecified atom stereocenters. The quantitative estimate of drug-likeness (QED) is 0.498. The van der Waals surface area contributed by atoms with E-state index in [2.05, 4.69) is 10.6 Å². The lowest BCUT2D eigenvalue weighted by molar-refractivity contribution is -0.145. The van der Waals surface area contributed by atoms with E-state index in [1.165, 1.54) is 7.11 Å². The Balaban J connectivity index is 1.96. The van der Waals surface area contributed by atoms with E-state index in [-0.39, 0.29) is 31.3 Å². The van der Waals surface area contributed by atoms with Gasteiger partial charge in [0.05, 0.1) is 24.3 Å². The summed E-state index contributed by atoms with van der Waals surface area (Å²) in [6.07, 6.45) is -0.0918. The van der Waals surface area contributed by atoms with Gasteiger partial charge in [-0.2, -0.15) is 0 Å². The highest BCUT2D eigenvalue weighted by Gasteiger charge is 2.15. The number of methoxy groups -OCH3 is 1. The van der Waals surface area contributed by atoms with E-state index in [1.54, 1.807) is 24.3 Å². The molecule has 0 saturated heterocycles. The monoisotopic (exact) mass is 398 g/mol. The maximum absolute atomic E-state index is 12.7. The number of aryl methyl sites for hydroxylation is 2. The molecule has 154 valence electrons. The molecule has 0 aliphatic heterocycles. The van der Waals surface area contributed by atoms with Crippen molar-refractivity contribution in [1.29, 1.82) is 0 Å². The molecule has 0 bridgehead atoms. The summed E-state index contributed by atoms with van der Waals surface area (Å²) in [7, 11) is 1.51. The van der Waals surface area contributed by atoms with Gasteiger partial charge in [-0.1, -0.05) is 18.2 Å². The summed E-state index contributed by atoms with van der Waals surface area (Å²) in [5.74, 6) is -1.18. The van der Waals surface area contributed by atoms with E-state index in [9.17, 15) is 14.4 Å². The first-order valence-electron chi connectivity index (χ1n) is 9.32. The van der Waals surface area contributed by atoms with Crippen molar-refractivity contribution in [2.24, 2.45) is 0 Å². The Hall–Kier alpha value is -3.19. The number of ether oxygens (including phenoxy) is 2. The van der Waals surface area contributed by atoms with Crippen molar-refractivity contribution in [1.82, 2.24) is 0 Å². The smallest absolute Gasteiger partial charge is 0.306 e. The molecule has 0 aliphatic carbocycles. The summed E-state index contributed by atoms with van der Waals surface area (Å²) in [5.41, 5.74) is 3.60. The number of hydrogen-bond donors (Lipinski definition) is 2. The zero-order valence-corrected chi connectivity index (χ0v) is 16.9. The van der Waals surface area contributed by atoms with Crippen molar-refractivity contribution in [3.8, 4) is 0 Å². The molecule has 2 aromatic rings. The standard InChI is InChI=1S/C22H26N2O5/c1-15-8-9-17(14-16(15)2)23-22(27)18-6-4-5-7-19(18)24-20(25)10-11-21(26)29-13-12-28-3/h4-9,14H,10-13H2,1-3H3,(H,23,27)(H,24,25). The first-order valence-corrected chi connectivity index (χ1v) is 9.32. The minimum atomic E-state index is -0.474. The fourth-order valence-corrected chi connectivity index (χ4v) is 2.55. The number of carbonyl (C=O) groups excluding carboxylic acids is 3. The molecule has 2 amide bonds. The van der Waals surface area contributed by atoms with E-state index in [4.69, 9.17) is 9.47 Å². The minimum absolute atomic E-state index is 0.0427. The third-order valence-corrected chi connectivity index (χ3v) is 4.32. The molecule has 0 heterocycles. The highest BCUT2D eigenvalue weighted by molar-refractivity contribution is 6.10. The van der Waals surface area contributed by atoms with Gasteiger partial charge in [0.2, 0.25) is 5.91 Å². The number of carbonyl (C=O) groups is 3. The summed E-state index contributed by atoms with van der Waals surface area (Å²) in [6.45, 7) is 4.43. The molecule has 0 aliphatic rings. The number of rotatable bonds is 9. The van der Waals surface area contributed by atoms with Crippen molar-refractivity contribution >= 4 is 29.2 Å². The summed E-state index contributed by atoms with van der Waals surface area (Å²) in [6, 6.07) is 12.4. The van der Waals surface area contributed by atoms with E-state index in [0.717, 1.165) is 11.1 Å². The number of esters is 1. The Labute approximate surface area is 170 Å². The van der Waals surface area contributed by atoms with Crippen molar-refractivity contribution in [2.75, 3.05) is 31.0 Å². The lowest BCUT2D eigenvalue weighted by Crippen LogP contribution is -2.19. The van der Waals surface area contributed by atoms with E-state index in [0.29, 0.717) is 23.5 Å². The van der Waals surface area contributed by atoms with Crippen LogP contribution in [0.1, 0.15) is 34.3 Å². The van der Waals surface area contributed by atoms with Gasteiger partial charge < -0.3 is 20.1 Å². The Morgan fingerprint density at radius 3 is 2.38 bits per heavy atom. The second-order valence-electron chi connectivity index (χ2n) is 6.56. The SMILES string of the molecule is COCCOC(=O)CCC(=O)Nc1ccccc1C(=O)Nc1ccc(C)c(C)c1. The molecular weight excluding hydrogens is 372 g/mol. The molecule has 2 rings (SSSR count). The van der Waals surface area contributed by atoms with E-state index >= 15 is 0 Å². The predicted molar refractivity (Wildman–Crippen MR) is 111 cm³/mol. The average molecular weight is 398 g/mol. The Morgan fingerprint density at radius 2 is 1.66 bits per heavy atom. The van der Waals surface area contributed by atoms with Crippen molar-refractivity contribution in [3.05, 3.63) is 59.2 Å². The minimum Gasteiger partial charge on any atom is -0.463 e. The molecule has 0 atom stereocenters. The van der Waals surface area contributed by atoms with Crippen LogP contribution in [-0.4, -0.2) is 38.1 Å². The van der Waals surface area contributed by atoms with Gasteiger partial charge in [-0.05, 0) is 49.2 Å². The molecule has 2 aromatic carbocycles. The van der Waals surface area contributed by atoms with Crippen molar-refractivity contribution < 1.29 is 23.9 Å². The maximum atomic E-state index is 12.7. The molecule has 0 spiro atoms. The topological polar surface area (TPSA) is 93.7 Å². The number of nitrogens with one attached hydrogen (secondary N) is 2. The second-order valence-corrected chi connectivity index (χ2v) is 6.56. The molecule has 0 radical (unpaired) electrons. The van der Waals surface area contributed by atoms with Crippen LogP contribution in [0.4, 0.5) is 11.4 Å². The molecule has 7 nitrogen and oxygen atoms in total. The molecular formula is C22H26N2O5. The van der Waals surface area contributed by atoms with Crippen LogP contribution in [0.15, 0.2) is 42.5 Å². The van der Waals surface area contributed by atoms with Gasteiger partial charge in [-0.25, -0.2) is 0 Å². The highest BCUT2D eigenvalue weighted by atomic mass is 16.6. The van der Waals surface area contributed by atoms with Gasteiger partial charge in [0.15, 0.2) is 0 Å². The zero-order valence-electron chi connectivity index (χ0n) is 16.9. The summed E-state index contributed by atoms with van der Waals surface area (Å²) in [4.78, 5) is 36.4. The van der Waals surface area contributed by atoms with Crippen LogP contribution in [0.25, 0.3) is 0 Å². The number of hydrogen-bond acceptors (Lipinski definition) is 5. The molecule has 2 N–H and O–H groups in total.